The zero-order chi connectivity index (χ0) is 14.1. The molecule has 0 amide bonds. The van der Waals surface area contributed by atoms with Gasteiger partial charge in [0.2, 0.25) is 10.0 Å². The molecule has 0 spiro atoms. The Balaban J connectivity index is 5.08. The van der Waals surface area contributed by atoms with Crippen LogP contribution >= 0.6 is 0 Å². The summed E-state index contributed by atoms with van der Waals surface area (Å²) in [5.41, 5.74) is 0.902. The van der Waals surface area contributed by atoms with Gasteiger partial charge in [0.05, 0.1) is 6.26 Å². The van der Waals surface area contributed by atoms with Crippen molar-refractivity contribution < 1.29 is 8.42 Å². The largest absolute Gasteiger partial charge is 0.212 e. The maximum Gasteiger partial charge on any atom is 0.211 e. The first-order chi connectivity index (χ1) is 7.26. The molecular formula is C13H27NO2S. The van der Waals surface area contributed by atoms with Crippen LogP contribution in [-0.4, -0.2) is 31.1 Å². The molecule has 0 aromatic heterocycles. The summed E-state index contributed by atoms with van der Waals surface area (Å²) in [6.45, 7) is 14.6. The van der Waals surface area contributed by atoms with Crippen molar-refractivity contribution in [2.45, 2.75) is 54.0 Å². The average molecular weight is 261 g/mol. The molecule has 0 bridgehead atoms. The van der Waals surface area contributed by atoms with E-state index < -0.39 is 10.0 Å². The minimum Gasteiger partial charge on any atom is -0.212 e. The zero-order valence-electron chi connectivity index (χ0n) is 12.5. The van der Waals surface area contributed by atoms with Crippen LogP contribution in [0.2, 0.25) is 0 Å². The highest BCUT2D eigenvalue weighted by atomic mass is 32.2. The predicted molar refractivity (Wildman–Crippen MR) is 74.5 cm³/mol. The van der Waals surface area contributed by atoms with E-state index in [2.05, 4.69) is 20.8 Å². The molecule has 0 unspecified atom stereocenters. The van der Waals surface area contributed by atoms with Crippen LogP contribution in [0.15, 0.2) is 11.6 Å². The van der Waals surface area contributed by atoms with Gasteiger partial charge in [0.1, 0.15) is 0 Å². The monoisotopic (exact) mass is 261 g/mol. The maximum atomic E-state index is 11.7. The van der Waals surface area contributed by atoms with Gasteiger partial charge in [0, 0.05) is 12.1 Å². The molecular weight excluding hydrogens is 234 g/mol. The minimum atomic E-state index is -3.18. The van der Waals surface area contributed by atoms with E-state index in [1.54, 1.807) is 0 Å². The van der Waals surface area contributed by atoms with Gasteiger partial charge in [-0.25, -0.2) is 8.42 Å². The van der Waals surface area contributed by atoms with Crippen LogP contribution in [0, 0.1) is 5.41 Å². The highest BCUT2D eigenvalue weighted by Crippen LogP contribution is 2.25. The quantitative estimate of drug-likeness (QED) is 0.732. The summed E-state index contributed by atoms with van der Waals surface area (Å²) in [5, 5.41) is 0. The molecule has 0 N–H and O–H groups in total. The van der Waals surface area contributed by atoms with Crippen molar-refractivity contribution in [3.8, 4) is 0 Å². The van der Waals surface area contributed by atoms with Gasteiger partial charge in [0.25, 0.3) is 0 Å². The molecule has 0 rings (SSSR count). The summed E-state index contributed by atoms with van der Waals surface area (Å²) >= 11 is 0. The number of nitrogens with zero attached hydrogens (tertiary/aromatic N) is 1. The lowest BCUT2D eigenvalue weighted by Crippen LogP contribution is -2.45. The second-order valence-corrected chi connectivity index (χ2v) is 8.51. The summed E-state index contributed by atoms with van der Waals surface area (Å²) in [5.74, 6) is 0. The molecule has 0 atom stereocenters. The predicted octanol–water partition coefficient (Wildman–Crippen LogP) is 3.04. The van der Waals surface area contributed by atoms with Crippen molar-refractivity contribution in [1.82, 2.24) is 4.31 Å². The van der Waals surface area contributed by atoms with E-state index in [1.165, 1.54) is 16.1 Å². The normalized spacial score (nSPS) is 15.5. The Morgan fingerprint density at radius 1 is 1.12 bits per heavy atom. The first-order valence-electron chi connectivity index (χ1n) is 5.91. The summed E-state index contributed by atoms with van der Waals surface area (Å²) in [6, 6.07) is 0. The lowest BCUT2D eigenvalue weighted by atomic mass is 9.87. The van der Waals surface area contributed by atoms with Crippen LogP contribution in [-0.2, 0) is 10.0 Å². The van der Waals surface area contributed by atoms with Crippen molar-refractivity contribution >= 4 is 10.0 Å². The molecule has 0 aliphatic carbocycles. The van der Waals surface area contributed by atoms with Gasteiger partial charge in [-0.2, -0.15) is 4.31 Å². The van der Waals surface area contributed by atoms with Crippen molar-refractivity contribution in [1.29, 1.82) is 0 Å². The summed E-state index contributed by atoms with van der Waals surface area (Å²) in [7, 11) is -3.18. The van der Waals surface area contributed by atoms with E-state index in [0.717, 1.165) is 0 Å². The smallest absolute Gasteiger partial charge is 0.211 e. The van der Waals surface area contributed by atoms with E-state index in [-0.39, 0.29) is 11.0 Å². The molecule has 0 aromatic carbocycles. The maximum absolute atomic E-state index is 11.7. The van der Waals surface area contributed by atoms with E-state index >= 15 is 0 Å². The molecule has 0 fully saturated rings. The highest BCUT2D eigenvalue weighted by Gasteiger charge is 2.28. The fourth-order valence-electron chi connectivity index (χ4n) is 1.43. The van der Waals surface area contributed by atoms with Crippen LogP contribution in [0.4, 0.5) is 0 Å². The van der Waals surface area contributed by atoms with Gasteiger partial charge in [-0.1, -0.05) is 32.4 Å². The van der Waals surface area contributed by atoms with Crippen molar-refractivity contribution in [3.05, 3.63) is 11.6 Å². The molecule has 0 aromatic rings. The van der Waals surface area contributed by atoms with Crippen LogP contribution < -0.4 is 0 Å². The third-order valence-electron chi connectivity index (χ3n) is 2.89. The molecule has 0 aliphatic heterocycles. The van der Waals surface area contributed by atoms with Crippen LogP contribution in [0.3, 0.4) is 0 Å². The first-order valence-corrected chi connectivity index (χ1v) is 7.76. The number of rotatable bonds is 3. The lowest BCUT2D eigenvalue weighted by molar-refractivity contribution is 0.270. The van der Waals surface area contributed by atoms with Gasteiger partial charge in [-0.15, -0.1) is 0 Å². The Hall–Kier alpha value is -0.350. The topological polar surface area (TPSA) is 37.4 Å². The van der Waals surface area contributed by atoms with Gasteiger partial charge in [-0.3, -0.25) is 0 Å². The van der Waals surface area contributed by atoms with Gasteiger partial charge in [-0.05, 0) is 33.1 Å². The third-order valence-corrected chi connectivity index (χ3v) is 4.39. The van der Waals surface area contributed by atoms with E-state index in [0.29, 0.717) is 6.54 Å². The minimum absolute atomic E-state index is 0.0844. The number of sulfonamides is 1. The fourth-order valence-corrected chi connectivity index (χ4v) is 2.77. The van der Waals surface area contributed by atoms with Crippen molar-refractivity contribution in [3.63, 3.8) is 0 Å². The standard InChI is InChI=1S/C13H27NO2S/c1-11(12(2,3)4)9-10-14(13(5,6)7)17(8,15)16/h9H,10H2,1-8H3/b11-9-. The number of hydrogen-bond donors (Lipinski definition) is 0. The van der Waals surface area contributed by atoms with Crippen LogP contribution in [0.5, 0.6) is 0 Å². The van der Waals surface area contributed by atoms with E-state index in [9.17, 15) is 8.42 Å². The Morgan fingerprint density at radius 2 is 1.53 bits per heavy atom. The summed E-state index contributed by atoms with van der Waals surface area (Å²) in [4.78, 5) is 0. The molecule has 0 radical (unpaired) electrons. The molecule has 3 nitrogen and oxygen atoms in total. The molecule has 17 heavy (non-hydrogen) atoms. The van der Waals surface area contributed by atoms with E-state index in [4.69, 9.17) is 0 Å². The van der Waals surface area contributed by atoms with Gasteiger partial charge < -0.3 is 0 Å². The molecule has 4 heteroatoms. The number of allylic oxidation sites excluding steroid dienone is 1. The molecule has 0 saturated carbocycles. The van der Waals surface area contributed by atoms with Gasteiger partial charge in [0.15, 0.2) is 0 Å². The van der Waals surface area contributed by atoms with Crippen molar-refractivity contribution in [2.24, 2.45) is 5.41 Å². The van der Waals surface area contributed by atoms with Crippen LogP contribution in [0.1, 0.15) is 48.5 Å². The van der Waals surface area contributed by atoms with Crippen LogP contribution in [0.25, 0.3) is 0 Å². The zero-order valence-corrected chi connectivity index (χ0v) is 13.3. The SMILES string of the molecule is C/C(=C/CN(C(C)(C)C)S(C)(=O)=O)C(C)(C)C. The highest BCUT2D eigenvalue weighted by molar-refractivity contribution is 7.88. The summed E-state index contributed by atoms with van der Waals surface area (Å²) < 4.78 is 25.0. The van der Waals surface area contributed by atoms with Crippen molar-refractivity contribution in [2.75, 3.05) is 12.8 Å². The molecule has 0 saturated heterocycles. The Labute approximate surface area is 107 Å². The lowest BCUT2D eigenvalue weighted by Gasteiger charge is -2.33. The van der Waals surface area contributed by atoms with Gasteiger partial charge >= 0.3 is 0 Å². The second kappa shape index (κ2) is 5.11. The third kappa shape index (κ3) is 5.68. The Bertz CT molecular complexity index is 381. The Kier molecular flexibility index (Phi) is 5.00. The molecule has 102 valence electrons. The van der Waals surface area contributed by atoms with E-state index in [1.807, 2.05) is 33.8 Å². The average Bonchev–Trinajstić information content (AvgIpc) is 1.96. The second-order valence-electron chi connectivity index (χ2n) is 6.60. The number of hydrogen-bond acceptors (Lipinski definition) is 2. The fraction of sp³-hybridized carbons (Fsp3) is 0.846. The molecule has 0 aliphatic rings. The molecule has 0 heterocycles. The summed E-state index contributed by atoms with van der Waals surface area (Å²) in [6.07, 6.45) is 3.27. The Morgan fingerprint density at radius 3 is 1.76 bits per heavy atom. The first kappa shape index (κ1) is 16.6.